The molecule has 3 rings (SSSR count). The van der Waals surface area contributed by atoms with E-state index in [1.807, 2.05) is 23.9 Å². The van der Waals surface area contributed by atoms with Gasteiger partial charge in [-0.25, -0.2) is 8.42 Å². The van der Waals surface area contributed by atoms with Gasteiger partial charge >= 0.3 is 5.97 Å². The lowest BCUT2D eigenvalue weighted by atomic mass is 9.94. The van der Waals surface area contributed by atoms with Gasteiger partial charge in [-0.05, 0) is 36.4 Å². The fraction of sp³-hybridized carbons (Fsp3) is 0.400. The number of sulfonamides is 1. The Bertz CT molecular complexity index is 850. The zero-order chi connectivity index (χ0) is 16.7. The van der Waals surface area contributed by atoms with Crippen LogP contribution in [0.15, 0.2) is 35.4 Å². The van der Waals surface area contributed by atoms with E-state index in [9.17, 15) is 18.3 Å². The van der Waals surface area contributed by atoms with Crippen molar-refractivity contribution in [1.82, 2.24) is 9.29 Å². The van der Waals surface area contributed by atoms with Crippen molar-refractivity contribution in [3.63, 3.8) is 0 Å². The summed E-state index contributed by atoms with van der Waals surface area (Å²) in [7, 11) is -2.15. The minimum Gasteiger partial charge on any atom is -0.480 e. The fourth-order valence-electron chi connectivity index (χ4n) is 2.81. The molecule has 1 saturated heterocycles. The van der Waals surface area contributed by atoms with Crippen molar-refractivity contribution >= 4 is 26.9 Å². The van der Waals surface area contributed by atoms with E-state index in [2.05, 4.69) is 4.72 Å². The predicted molar refractivity (Wildman–Crippen MR) is 83.7 cm³/mol. The van der Waals surface area contributed by atoms with Crippen LogP contribution in [0.2, 0.25) is 0 Å². The number of nitrogens with one attached hydrogen (secondary N) is 1. The molecule has 23 heavy (non-hydrogen) atoms. The summed E-state index contributed by atoms with van der Waals surface area (Å²) < 4.78 is 34.6. The number of fused-ring (bicyclic) bond motifs is 1. The largest absolute Gasteiger partial charge is 0.480 e. The number of hydrogen-bond donors (Lipinski definition) is 2. The molecule has 1 aromatic carbocycles. The number of carbonyl (C=O) groups is 1. The monoisotopic (exact) mass is 338 g/mol. The van der Waals surface area contributed by atoms with Crippen molar-refractivity contribution in [2.24, 2.45) is 7.05 Å². The van der Waals surface area contributed by atoms with E-state index < -0.39 is 21.5 Å². The third-order valence-corrected chi connectivity index (χ3v) is 5.68. The highest BCUT2D eigenvalue weighted by atomic mass is 32.2. The van der Waals surface area contributed by atoms with Gasteiger partial charge in [0.2, 0.25) is 10.0 Å². The van der Waals surface area contributed by atoms with Gasteiger partial charge in [-0.3, -0.25) is 4.79 Å². The van der Waals surface area contributed by atoms with Crippen molar-refractivity contribution < 1.29 is 23.1 Å². The number of aliphatic carboxylic acids is 1. The Morgan fingerprint density at radius 3 is 2.83 bits per heavy atom. The Labute approximate surface area is 133 Å². The number of aromatic nitrogens is 1. The van der Waals surface area contributed by atoms with Crippen LogP contribution in [0.25, 0.3) is 10.9 Å². The average Bonchev–Trinajstić information content (AvgIpc) is 2.88. The molecule has 7 nitrogen and oxygen atoms in total. The van der Waals surface area contributed by atoms with E-state index in [0.717, 1.165) is 10.9 Å². The van der Waals surface area contributed by atoms with Crippen molar-refractivity contribution in [2.75, 3.05) is 13.2 Å². The fourth-order valence-corrected chi connectivity index (χ4v) is 4.21. The number of rotatable bonds is 4. The SMILES string of the molecule is Cn1ccc2ccc(S(=O)(=O)NC3(C(=O)O)CCCOC3)cc21. The molecular formula is C15H18N2O5S. The highest BCUT2D eigenvalue weighted by Crippen LogP contribution is 2.25. The number of ether oxygens (including phenoxy) is 1. The summed E-state index contributed by atoms with van der Waals surface area (Å²) in [5, 5.41) is 10.4. The van der Waals surface area contributed by atoms with Crippen molar-refractivity contribution in [1.29, 1.82) is 0 Å². The third-order valence-electron chi connectivity index (χ3n) is 4.15. The van der Waals surface area contributed by atoms with Gasteiger partial charge in [-0.15, -0.1) is 0 Å². The van der Waals surface area contributed by atoms with Gasteiger partial charge in [0.15, 0.2) is 5.54 Å². The van der Waals surface area contributed by atoms with Crippen LogP contribution in [0.1, 0.15) is 12.8 Å². The standard InChI is InChI=1S/C15H18N2O5S/c1-17-7-5-11-3-4-12(9-13(11)17)23(20,21)16-15(14(18)19)6-2-8-22-10-15/h3-5,7,9,16H,2,6,8,10H2,1H3,(H,18,19). The molecule has 1 fully saturated rings. The normalized spacial score (nSPS) is 22.3. The number of carboxylic acid groups (broad SMARTS) is 1. The molecule has 0 aliphatic carbocycles. The predicted octanol–water partition coefficient (Wildman–Crippen LogP) is 1.09. The lowest BCUT2D eigenvalue weighted by Gasteiger charge is -2.33. The lowest BCUT2D eigenvalue weighted by molar-refractivity contribution is -0.149. The Balaban J connectivity index is 1.98. The molecule has 0 saturated carbocycles. The van der Waals surface area contributed by atoms with Crippen LogP contribution in [0.3, 0.4) is 0 Å². The van der Waals surface area contributed by atoms with Crippen LogP contribution in [-0.4, -0.2) is 42.8 Å². The second-order valence-corrected chi connectivity index (χ2v) is 7.48. The van der Waals surface area contributed by atoms with E-state index >= 15 is 0 Å². The highest BCUT2D eigenvalue weighted by molar-refractivity contribution is 7.89. The van der Waals surface area contributed by atoms with E-state index in [0.29, 0.717) is 13.0 Å². The molecule has 8 heteroatoms. The van der Waals surface area contributed by atoms with E-state index in [-0.39, 0.29) is 17.9 Å². The zero-order valence-electron chi connectivity index (χ0n) is 12.7. The van der Waals surface area contributed by atoms with Crippen molar-refractivity contribution in [3.8, 4) is 0 Å². The summed E-state index contributed by atoms with van der Waals surface area (Å²) in [4.78, 5) is 11.6. The minimum absolute atomic E-state index is 0.0398. The van der Waals surface area contributed by atoms with Crippen molar-refractivity contribution in [3.05, 3.63) is 30.5 Å². The number of carboxylic acids is 1. The molecule has 0 bridgehead atoms. The summed E-state index contributed by atoms with van der Waals surface area (Å²) in [5.41, 5.74) is -0.850. The van der Waals surface area contributed by atoms with E-state index in [1.54, 1.807) is 6.07 Å². The number of hydrogen-bond acceptors (Lipinski definition) is 4. The molecule has 2 heterocycles. The average molecular weight is 338 g/mol. The first-order valence-electron chi connectivity index (χ1n) is 7.24. The Morgan fingerprint density at radius 1 is 1.39 bits per heavy atom. The Hall–Kier alpha value is -1.90. The molecule has 0 amide bonds. The number of nitrogens with zero attached hydrogens (tertiary/aromatic N) is 1. The first-order valence-corrected chi connectivity index (χ1v) is 8.73. The van der Waals surface area contributed by atoms with Crippen LogP contribution in [-0.2, 0) is 26.6 Å². The molecule has 1 aliphatic heterocycles. The van der Waals surface area contributed by atoms with Crippen molar-refractivity contribution in [2.45, 2.75) is 23.3 Å². The van der Waals surface area contributed by atoms with Crippen LogP contribution < -0.4 is 4.72 Å². The maximum Gasteiger partial charge on any atom is 0.327 e. The van der Waals surface area contributed by atoms with E-state index in [4.69, 9.17) is 4.74 Å². The zero-order valence-corrected chi connectivity index (χ0v) is 13.5. The van der Waals surface area contributed by atoms with Gasteiger partial charge < -0.3 is 14.4 Å². The van der Waals surface area contributed by atoms with Gasteiger partial charge in [-0.1, -0.05) is 6.07 Å². The Kier molecular flexibility index (Phi) is 3.91. The smallest absolute Gasteiger partial charge is 0.327 e. The first-order chi connectivity index (χ1) is 10.8. The molecule has 1 aliphatic rings. The summed E-state index contributed by atoms with van der Waals surface area (Å²) in [6, 6.07) is 6.60. The van der Waals surface area contributed by atoms with Crippen LogP contribution >= 0.6 is 0 Å². The summed E-state index contributed by atoms with van der Waals surface area (Å²) in [6.07, 6.45) is 2.53. The first kappa shape index (κ1) is 16.0. The molecule has 0 radical (unpaired) electrons. The van der Waals surface area contributed by atoms with E-state index in [1.165, 1.54) is 12.1 Å². The van der Waals surface area contributed by atoms with Gasteiger partial charge in [0.25, 0.3) is 0 Å². The topological polar surface area (TPSA) is 97.6 Å². The minimum atomic E-state index is -3.97. The lowest BCUT2D eigenvalue weighted by Crippen LogP contribution is -2.59. The molecule has 124 valence electrons. The molecular weight excluding hydrogens is 320 g/mol. The van der Waals surface area contributed by atoms with Crippen LogP contribution in [0, 0.1) is 0 Å². The highest BCUT2D eigenvalue weighted by Gasteiger charge is 2.44. The number of benzene rings is 1. The van der Waals surface area contributed by atoms with Gasteiger partial charge in [0, 0.05) is 25.4 Å². The number of aryl methyl sites for hydroxylation is 1. The second kappa shape index (κ2) is 5.63. The Morgan fingerprint density at radius 2 is 2.17 bits per heavy atom. The molecule has 1 aromatic heterocycles. The van der Waals surface area contributed by atoms with Gasteiger partial charge in [0.05, 0.1) is 11.5 Å². The van der Waals surface area contributed by atoms with Gasteiger partial charge in [-0.2, -0.15) is 4.72 Å². The maximum absolute atomic E-state index is 12.6. The second-order valence-electron chi connectivity index (χ2n) is 5.80. The summed E-state index contributed by atoms with van der Waals surface area (Å²) >= 11 is 0. The third kappa shape index (κ3) is 2.85. The summed E-state index contributed by atoms with van der Waals surface area (Å²) in [5.74, 6) is -1.22. The summed E-state index contributed by atoms with van der Waals surface area (Å²) in [6.45, 7) is 0.264. The van der Waals surface area contributed by atoms with Crippen LogP contribution in [0.5, 0.6) is 0 Å². The molecule has 2 N–H and O–H groups in total. The molecule has 2 aromatic rings. The van der Waals surface area contributed by atoms with Gasteiger partial charge in [0.1, 0.15) is 0 Å². The van der Waals surface area contributed by atoms with Crippen LogP contribution in [0.4, 0.5) is 0 Å². The quantitative estimate of drug-likeness (QED) is 0.870. The molecule has 1 unspecified atom stereocenters. The maximum atomic E-state index is 12.6. The molecule has 0 spiro atoms. The molecule has 1 atom stereocenters.